The lowest BCUT2D eigenvalue weighted by atomic mass is 10.0. The summed E-state index contributed by atoms with van der Waals surface area (Å²) in [5.74, 6) is 1.90. The van der Waals surface area contributed by atoms with Crippen molar-refractivity contribution in [2.75, 3.05) is 38.3 Å². The van der Waals surface area contributed by atoms with Gasteiger partial charge in [0.1, 0.15) is 16.6 Å². The predicted molar refractivity (Wildman–Crippen MR) is 110 cm³/mol. The summed E-state index contributed by atoms with van der Waals surface area (Å²) in [4.78, 5) is 11.7. The van der Waals surface area contributed by atoms with Crippen molar-refractivity contribution in [3.63, 3.8) is 0 Å². The van der Waals surface area contributed by atoms with Crippen molar-refractivity contribution in [1.82, 2.24) is 9.97 Å². The van der Waals surface area contributed by atoms with Crippen LogP contribution in [0, 0.1) is 13.8 Å². The molecule has 0 radical (unpaired) electrons. The molecule has 0 spiro atoms. The van der Waals surface area contributed by atoms with E-state index in [0.29, 0.717) is 0 Å². The predicted octanol–water partition coefficient (Wildman–Crippen LogP) is 4.33. The molecule has 0 aliphatic carbocycles. The van der Waals surface area contributed by atoms with Crippen LogP contribution in [0.2, 0.25) is 0 Å². The van der Waals surface area contributed by atoms with E-state index in [9.17, 15) is 0 Å². The Balaban J connectivity index is 1.64. The Morgan fingerprint density at radius 1 is 1.11 bits per heavy atom. The van der Waals surface area contributed by atoms with Gasteiger partial charge in [0.15, 0.2) is 0 Å². The molecule has 0 saturated carbocycles. The summed E-state index contributed by atoms with van der Waals surface area (Å²) < 4.78 is 10.9. The van der Waals surface area contributed by atoms with Crippen LogP contribution in [-0.4, -0.2) is 43.4 Å². The van der Waals surface area contributed by atoms with Gasteiger partial charge in [0.25, 0.3) is 0 Å². The Bertz CT molecular complexity index is 948. The molecule has 0 N–H and O–H groups in total. The second-order valence-electron chi connectivity index (χ2n) is 6.68. The lowest BCUT2D eigenvalue weighted by Crippen LogP contribution is -2.36. The minimum absolute atomic E-state index is 0.753. The van der Waals surface area contributed by atoms with Gasteiger partial charge in [-0.2, -0.15) is 0 Å². The van der Waals surface area contributed by atoms with Crippen LogP contribution >= 0.6 is 11.3 Å². The molecule has 1 aliphatic rings. The minimum atomic E-state index is 0.753. The molecule has 1 fully saturated rings. The average molecular weight is 382 g/mol. The third kappa shape index (κ3) is 3.68. The van der Waals surface area contributed by atoms with Crippen LogP contribution in [0.25, 0.3) is 21.8 Å². The van der Waals surface area contributed by atoms with E-state index in [4.69, 9.17) is 14.5 Å². The van der Waals surface area contributed by atoms with Gasteiger partial charge in [-0.05, 0) is 49.2 Å². The quantitative estimate of drug-likeness (QED) is 0.673. The number of aromatic nitrogens is 2. The number of anilines is 1. The fourth-order valence-electron chi connectivity index (χ4n) is 3.33. The third-order valence-corrected chi connectivity index (χ3v) is 5.74. The summed E-state index contributed by atoms with van der Waals surface area (Å²) in [5.41, 5.74) is 5.54. The van der Waals surface area contributed by atoms with E-state index in [-0.39, 0.29) is 0 Å². The smallest absolute Gasteiger partial charge is 0.129 e. The van der Waals surface area contributed by atoms with E-state index in [1.165, 1.54) is 0 Å². The normalized spacial score (nSPS) is 14.4. The van der Waals surface area contributed by atoms with Crippen molar-refractivity contribution in [1.29, 1.82) is 0 Å². The zero-order valence-corrected chi connectivity index (χ0v) is 16.7. The molecule has 1 aromatic carbocycles. The molecule has 6 heteroatoms. The van der Waals surface area contributed by atoms with E-state index in [0.717, 1.165) is 70.8 Å². The number of nitrogens with zero attached hydrogens (tertiary/aromatic N) is 3. The first-order valence-electron chi connectivity index (χ1n) is 9.06. The minimum Gasteiger partial charge on any atom is -0.496 e. The molecule has 140 valence electrons. The number of methoxy groups -OCH3 is 1. The molecule has 0 amide bonds. The highest BCUT2D eigenvalue weighted by atomic mass is 32.1. The van der Waals surface area contributed by atoms with Gasteiger partial charge in [0, 0.05) is 35.8 Å². The number of ether oxygens (including phenoxy) is 2. The number of pyridine rings is 1. The molecule has 4 rings (SSSR count). The fraction of sp³-hybridized carbons (Fsp3) is 0.333. The molecule has 0 atom stereocenters. The highest BCUT2D eigenvalue weighted by Crippen LogP contribution is 2.34. The second-order valence-corrected chi connectivity index (χ2v) is 7.53. The zero-order chi connectivity index (χ0) is 18.8. The third-order valence-electron chi connectivity index (χ3n) is 4.85. The van der Waals surface area contributed by atoms with Crippen molar-refractivity contribution < 1.29 is 9.47 Å². The molecule has 3 heterocycles. The number of thiazole rings is 1. The summed E-state index contributed by atoms with van der Waals surface area (Å²) in [7, 11) is 1.71. The van der Waals surface area contributed by atoms with Gasteiger partial charge in [-0.1, -0.05) is 0 Å². The molecule has 0 unspecified atom stereocenters. The van der Waals surface area contributed by atoms with Crippen molar-refractivity contribution in [3.05, 3.63) is 47.0 Å². The SMILES string of the molecule is COc1cc(C)c(-c2csc(-c3ccnc(N4CCOCC4)c3)n2)cc1C. The molecule has 2 aromatic heterocycles. The number of rotatable bonds is 4. The first-order valence-corrected chi connectivity index (χ1v) is 9.94. The molecule has 0 bridgehead atoms. The van der Waals surface area contributed by atoms with E-state index in [1.54, 1.807) is 18.4 Å². The number of aryl methyl sites for hydroxylation is 2. The van der Waals surface area contributed by atoms with Crippen molar-refractivity contribution >= 4 is 17.2 Å². The van der Waals surface area contributed by atoms with Gasteiger partial charge in [0.2, 0.25) is 0 Å². The van der Waals surface area contributed by atoms with E-state index in [1.807, 2.05) is 12.3 Å². The molecule has 1 aliphatic heterocycles. The number of hydrogen-bond acceptors (Lipinski definition) is 6. The van der Waals surface area contributed by atoms with Crippen LogP contribution in [0.1, 0.15) is 11.1 Å². The summed E-state index contributed by atoms with van der Waals surface area (Å²) in [6, 6.07) is 8.38. The van der Waals surface area contributed by atoms with E-state index < -0.39 is 0 Å². The fourth-order valence-corrected chi connectivity index (χ4v) is 4.15. The maximum absolute atomic E-state index is 5.44. The topological polar surface area (TPSA) is 47.5 Å². The van der Waals surface area contributed by atoms with E-state index >= 15 is 0 Å². The lowest BCUT2D eigenvalue weighted by molar-refractivity contribution is 0.122. The average Bonchev–Trinajstić information content (AvgIpc) is 3.20. The standard InChI is InChI=1S/C21H23N3O2S/c1-14-11-19(25-3)15(2)10-17(14)18-13-27-21(23-18)16-4-5-22-20(12-16)24-6-8-26-9-7-24/h4-5,10-13H,6-9H2,1-3H3. The Kier molecular flexibility index (Phi) is 5.09. The first kappa shape index (κ1) is 17.9. The Hall–Kier alpha value is -2.44. The largest absolute Gasteiger partial charge is 0.496 e. The number of hydrogen-bond donors (Lipinski definition) is 0. The molecule has 1 saturated heterocycles. The first-order chi connectivity index (χ1) is 13.2. The maximum atomic E-state index is 5.44. The number of morpholine rings is 1. The van der Waals surface area contributed by atoms with Crippen LogP contribution in [0.4, 0.5) is 5.82 Å². The van der Waals surface area contributed by atoms with Gasteiger partial charge >= 0.3 is 0 Å². The van der Waals surface area contributed by atoms with Gasteiger partial charge in [0.05, 0.1) is 26.0 Å². The van der Waals surface area contributed by atoms with Gasteiger partial charge < -0.3 is 14.4 Å². The van der Waals surface area contributed by atoms with Crippen LogP contribution in [-0.2, 0) is 4.74 Å². The van der Waals surface area contributed by atoms with Crippen LogP contribution in [0.15, 0.2) is 35.8 Å². The monoisotopic (exact) mass is 381 g/mol. The molecular formula is C21H23N3O2S. The van der Waals surface area contributed by atoms with Crippen LogP contribution in [0.5, 0.6) is 5.75 Å². The zero-order valence-electron chi connectivity index (χ0n) is 15.9. The summed E-state index contributed by atoms with van der Waals surface area (Å²) in [6.07, 6.45) is 1.87. The summed E-state index contributed by atoms with van der Waals surface area (Å²) in [5, 5.41) is 3.13. The lowest BCUT2D eigenvalue weighted by Gasteiger charge is -2.27. The Morgan fingerprint density at radius 2 is 1.93 bits per heavy atom. The molecule has 27 heavy (non-hydrogen) atoms. The van der Waals surface area contributed by atoms with Gasteiger partial charge in [-0.3, -0.25) is 0 Å². The van der Waals surface area contributed by atoms with Crippen LogP contribution in [0.3, 0.4) is 0 Å². The van der Waals surface area contributed by atoms with Crippen molar-refractivity contribution in [2.45, 2.75) is 13.8 Å². The van der Waals surface area contributed by atoms with Gasteiger partial charge in [-0.15, -0.1) is 11.3 Å². The summed E-state index contributed by atoms with van der Waals surface area (Å²) in [6.45, 7) is 7.42. The Morgan fingerprint density at radius 3 is 2.70 bits per heavy atom. The molecule has 5 nitrogen and oxygen atoms in total. The van der Waals surface area contributed by atoms with Crippen molar-refractivity contribution in [2.24, 2.45) is 0 Å². The number of benzene rings is 1. The van der Waals surface area contributed by atoms with Crippen molar-refractivity contribution in [3.8, 4) is 27.6 Å². The summed E-state index contributed by atoms with van der Waals surface area (Å²) >= 11 is 1.66. The highest BCUT2D eigenvalue weighted by molar-refractivity contribution is 7.13. The molecular weight excluding hydrogens is 358 g/mol. The molecule has 3 aromatic rings. The maximum Gasteiger partial charge on any atom is 0.129 e. The highest BCUT2D eigenvalue weighted by Gasteiger charge is 2.15. The van der Waals surface area contributed by atoms with E-state index in [2.05, 4.69) is 47.3 Å². The Labute approximate surface area is 163 Å². The second kappa shape index (κ2) is 7.66. The van der Waals surface area contributed by atoms with Gasteiger partial charge in [-0.25, -0.2) is 9.97 Å². The van der Waals surface area contributed by atoms with Crippen LogP contribution < -0.4 is 9.64 Å².